The highest BCUT2D eigenvalue weighted by molar-refractivity contribution is 7.52. The van der Waals surface area contributed by atoms with E-state index in [1.165, 1.54) is 0 Å². The van der Waals surface area contributed by atoms with Crippen LogP contribution < -0.4 is 5.73 Å². The molecule has 6 nitrogen and oxygen atoms in total. The molecule has 7 heteroatoms. The van der Waals surface area contributed by atoms with E-state index >= 15 is 0 Å². The van der Waals surface area contributed by atoms with Crippen molar-refractivity contribution in [2.45, 2.75) is 32.2 Å². The summed E-state index contributed by atoms with van der Waals surface area (Å²) >= 11 is 0. The maximum absolute atomic E-state index is 11.6. The van der Waals surface area contributed by atoms with Crippen molar-refractivity contribution >= 4 is 13.6 Å². The first-order valence-electron chi connectivity index (χ1n) is 6.87. The highest BCUT2D eigenvalue weighted by Crippen LogP contribution is 2.42. The number of aliphatic carboxylic acids is 1. The quantitative estimate of drug-likeness (QED) is 0.599. The van der Waals surface area contributed by atoms with Crippen molar-refractivity contribution in [2.75, 3.05) is 12.8 Å². The number of carbonyl (C=O) groups is 1. The largest absolute Gasteiger partial charge is 0.480 e. The summed E-state index contributed by atoms with van der Waals surface area (Å²) in [5.74, 6) is -1.04. The summed E-state index contributed by atoms with van der Waals surface area (Å²) in [6, 6.07) is 6.45. The first kappa shape index (κ1) is 17.9. The molecule has 0 aromatic heterocycles. The molecule has 0 aliphatic rings. The van der Waals surface area contributed by atoms with Gasteiger partial charge in [-0.05, 0) is 37.3 Å². The van der Waals surface area contributed by atoms with E-state index in [0.29, 0.717) is 12.8 Å². The van der Waals surface area contributed by atoms with E-state index in [-0.39, 0.29) is 19.2 Å². The predicted octanol–water partition coefficient (Wildman–Crippen LogP) is 1.80. The number of aryl methyl sites for hydroxylation is 1. The van der Waals surface area contributed by atoms with Crippen molar-refractivity contribution in [3.8, 4) is 0 Å². The monoisotopic (exact) mass is 315 g/mol. The molecule has 0 saturated carbocycles. The van der Waals surface area contributed by atoms with Gasteiger partial charge in [0.15, 0.2) is 0 Å². The van der Waals surface area contributed by atoms with Gasteiger partial charge < -0.3 is 20.3 Å². The van der Waals surface area contributed by atoms with E-state index in [9.17, 15) is 14.3 Å². The number of carboxylic acid groups (broad SMARTS) is 1. The lowest BCUT2D eigenvalue weighted by molar-refractivity contribution is -0.138. The van der Waals surface area contributed by atoms with Gasteiger partial charge in [-0.15, -0.1) is 0 Å². The van der Waals surface area contributed by atoms with Crippen molar-refractivity contribution in [1.29, 1.82) is 0 Å². The smallest absolute Gasteiger partial charge is 0.328 e. The van der Waals surface area contributed by atoms with Crippen molar-refractivity contribution < 1.29 is 23.9 Å². The summed E-state index contributed by atoms with van der Waals surface area (Å²) in [4.78, 5) is 20.3. The van der Waals surface area contributed by atoms with Crippen LogP contribution in [0.2, 0.25) is 0 Å². The van der Waals surface area contributed by atoms with Crippen molar-refractivity contribution in [2.24, 2.45) is 5.73 Å². The summed E-state index contributed by atoms with van der Waals surface area (Å²) in [6.45, 7) is 1.88. The number of hydrogen-bond donors (Lipinski definition) is 3. The van der Waals surface area contributed by atoms with Crippen LogP contribution in [0.25, 0.3) is 0 Å². The van der Waals surface area contributed by atoms with Crippen LogP contribution in [0.5, 0.6) is 0 Å². The third-order valence-corrected chi connectivity index (χ3v) is 4.64. The van der Waals surface area contributed by atoms with Gasteiger partial charge in [-0.25, -0.2) is 0 Å². The fraction of sp³-hybridized carbons (Fsp3) is 0.500. The fourth-order valence-corrected chi connectivity index (χ4v) is 3.15. The van der Waals surface area contributed by atoms with Gasteiger partial charge in [0.1, 0.15) is 6.04 Å². The predicted molar refractivity (Wildman–Crippen MR) is 80.4 cm³/mol. The number of carboxylic acids is 1. The lowest BCUT2D eigenvalue weighted by Gasteiger charge is -2.13. The molecule has 2 atom stereocenters. The first-order chi connectivity index (χ1) is 9.85. The van der Waals surface area contributed by atoms with Gasteiger partial charge in [0, 0.05) is 0 Å². The van der Waals surface area contributed by atoms with Gasteiger partial charge in [-0.1, -0.05) is 24.3 Å². The van der Waals surface area contributed by atoms with Gasteiger partial charge >= 0.3 is 13.6 Å². The lowest BCUT2D eigenvalue weighted by Crippen LogP contribution is -2.32. The van der Waals surface area contributed by atoms with Crippen molar-refractivity contribution in [1.82, 2.24) is 0 Å². The second-order valence-electron chi connectivity index (χ2n) is 4.80. The molecule has 0 fully saturated rings. The number of nitrogens with two attached hydrogens (primary N) is 1. The molecule has 0 spiro atoms. The van der Waals surface area contributed by atoms with Crippen LogP contribution in [-0.4, -0.2) is 34.8 Å². The SMILES string of the molecule is CCOP(=O)(O)CCCc1ccccc1CC(N)C(=O)O. The van der Waals surface area contributed by atoms with Crippen molar-refractivity contribution in [3.63, 3.8) is 0 Å². The minimum Gasteiger partial charge on any atom is -0.480 e. The Morgan fingerprint density at radius 3 is 2.57 bits per heavy atom. The Bertz CT molecular complexity index is 520. The van der Waals surface area contributed by atoms with Crippen molar-refractivity contribution in [3.05, 3.63) is 35.4 Å². The highest BCUT2D eigenvalue weighted by Gasteiger charge is 2.18. The Balaban J connectivity index is 2.63. The Labute approximate surface area is 124 Å². The molecule has 1 aromatic rings. The topological polar surface area (TPSA) is 110 Å². The summed E-state index contributed by atoms with van der Waals surface area (Å²) in [5, 5.41) is 8.86. The molecular formula is C14H22NO5P. The molecule has 0 radical (unpaired) electrons. The number of rotatable bonds is 9. The molecule has 0 amide bonds. The van der Waals surface area contributed by atoms with Crippen LogP contribution in [0.15, 0.2) is 24.3 Å². The molecule has 0 aliphatic carbocycles. The minimum atomic E-state index is -3.51. The van der Waals surface area contributed by atoms with Gasteiger partial charge in [0.05, 0.1) is 12.8 Å². The van der Waals surface area contributed by atoms with E-state index in [2.05, 4.69) is 0 Å². The fourth-order valence-electron chi connectivity index (χ4n) is 2.06. The molecular weight excluding hydrogens is 293 g/mol. The first-order valence-corrected chi connectivity index (χ1v) is 8.63. The highest BCUT2D eigenvalue weighted by atomic mass is 31.2. The zero-order chi connectivity index (χ0) is 15.9. The van der Waals surface area contributed by atoms with Gasteiger partial charge in [-0.3, -0.25) is 9.36 Å². The summed E-state index contributed by atoms with van der Waals surface area (Å²) in [7, 11) is -3.51. The average molecular weight is 315 g/mol. The van der Waals surface area contributed by atoms with Crippen LogP contribution in [0.3, 0.4) is 0 Å². The Kier molecular flexibility index (Phi) is 7.05. The van der Waals surface area contributed by atoms with Gasteiger partial charge in [-0.2, -0.15) is 0 Å². The number of hydrogen-bond acceptors (Lipinski definition) is 4. The molecule has 4 N–H and O–H groups in total. The maximum Gasteiger partial charge on any atom is 0.328 e. The summed E-state index contributed by atoms with van der Waals surface area (Å²) in [5.41, 5.74) is 7.36. The Morgan fingerprint density at radius 1 is 1.38 bits per heavy atom. The van der Waals surface area contributed by atoms with E-state index in [0.717, 1.165) is 11.1 Å². The molecule has 21 heavy (non-hydrogen) atoms. The van der Waals surface area contributed by atoms with Crippen LogP contribution in [0, 0.1) is 0 Å². The second kappa shape index (κ2) is 8.29. The molecule has 1 aromatic carbocycles. The summed E-state index contributed by atoms with van der Waals surface area (Å²) < 4.78 is 16.4. The molecule has 2 unspecified atom stereocenters. The minimum absolute atomic E-state index is 0.0835. The van der Waals surface area contributed by atoms with Crippen LogP contribution >= 0.6 is 7.60 Å². The second-order valence-corrected chi connectivity index (χ2v) is 6.78. The number of benzene rings is 1. The van der Waals surface area contributed by atoms with E-state index < -0.39 is 19.6 Å². The normalized spacial score (nSPS) is 15.4. The average Bonchev–Trinajstić information content (AvgIpc) is 2.40. The van der Waals surface area contributed by atoms with Crippen LogP contribution in [-0.2, 0) is 26.7 Å². The van der Waals surface area contributed by atoms with E-state index in [1.807, 2.05) is 24.3 Å². The third-order valence-electron chi connectivity index (χ3n) is 3.09. The Morgan fingerprint density at radius 2 is 2.00 bits per heavy atom. The third kappa shape index (κ3) is 6.40. The maximum atomic E-state index is 11.6. The van der Waals surface area contributed by atoms with E-state index in [1.54, 1.807) is 6.92 Å². The Hall–Kier alpha value is -1.20. The molecule has 0 heterocycles. The molecule has 0 aliphatic heterocycles. The zero-order valence-electron chi connectivity index (χ0n) is 12.1. The van der Waals surface area contributed by atoms with E-state index in [4.69, 9.17) is 15.4 Å². The van der Waals surface area contributed by atoms with Crippen LogP contribution in [0.4, 0.5) is 0 Å². The molecule has 0 bridgehead atoms. The van der Waals surface area contributed by atoms with Gasteiger partial charge in [0.2, 0.25) is 0 Å². The molecule has 0 saturated heterocycles. The standard InChI is InChI=1S/C14H22NO5P/c1-2-20-21(18,19)9-5-8-11-6-3-4-7-12(11)10-13(15)14(16)17/h3-4,6-7,13H,2,5,8-10,15H2,1H3,(H,16,17)(H,18,19). The molecule has 118 valence electrons. The van der Waals surface area contributed by atoms with Crippen LogP contribution in [0.1, 0.15) is 24.5 Å². The lowest BCUT2D eigenvalue weighted by atomic mass is 9.98. The summed E-state index contributed by atoms with van der Waals surface area (Å²) in [6.07, 6.45) is 1.40. The molecule has 1 rings (SSSR count). The zero-order valence-corrected chi connectivity index (χ0v) is 13.0. The van der Waals surface area contributed by atoms with Gasteiger partial charge in [0.25, 0.3) is 0 Å².